The minimum absolute atomic E-state index is 0.00835. The van der Waals surface area contributed by atoms with Crippen LogP contribution in [0.2, 0.25) is 0 Å². The van der Waals surface area contributed by atoms with Crippen LogP contribution in [-0.2, 0) is 147 Å². The van der Waals surface area contributed by atoms with Crippen molar-refractivity contribution in [3.63, 3.8) is 0 Å². The Morgan fingerprint density at radius 1 is 0.212 bits per heavy atom. The Bertz CT molecular complexity index is 1580. The predicted octanol–water partition coefficient (Wildman–Crippen LogP) is 3.67. The highest BCUT2D eigenvalue weighted by Gasteiger charge is 2.24. The first-order chi connectivity index (χ1) is 51.7. The zero-order valence-electron chi connectivity index (χ0n) is 63.8. The van der Waals surface area contributed by atoms with Crippen molar-refractivity contribution < 1.29 is 152 Å². The number of carbonyl (C=O) groups excluding carboxylic acids is 1. The molecule has 1 saturated heterocycles. The van der Waals surface area contributed by atoms with Crippen LogP contribution in [0, 0.1) is 0 Å². The molecular weight excluding hydrogens is 1380 g/mol. The summed E-state index contributed by atoms with van der Waals surface area (Å²) >= 11 is 0. The highest BCUT2D eigenvalue weighted by Crippen LogP contribution is 2.12. The molecule has 1 fully saturated rings. The van der Waals surface area contributed by atoms with Crippen LogP contribution in [0.5, 0.6) is 0 Å². The Kier molecular flexibility index (Phi) is 88.6. The monoisotopic (exact) mass is 1520 g/mol. The van der Waals surface area contributed by atoms with E-state index in [-0.39, 0.29) is 38.8 Å². The zero-order chi connectivity index (χ0) is 74.0. The van der Waals surface area contributed by atoms with Crippen LogP contribution in [0.25, 0.3) is 0 Å². The van der Waals surface area contributed by atoms with Gasteiger partial charge in [-0.05, 0) is 6.42 Å². The Morgan fingerprint density at radius 2 is 0.346 bits per heavy atom. The van der Waals surface area contributed by atoms with E-state index in [1.807, 2.05) is 0 Å². The maximum Gasteiger partial charge on any atom is 0.306 e. The average molecular weight is 1520 g/mol. The summed E-state index contributed by atoms with van der Waals surface area (Å²) < 4.78 is 167. The van der Waals surface area contributed by atoms with E-state index < -0.39 is 12.2 Å². The molecule has 0 radical (unpaired) electrons. The molecule has 0 spiro atoms. The second kappa shape index (κ2) is 91.9. The summed E-state index contributed by atoms with van der Waals surface area (Å²) in [6.07, 6.45) is 8.51. The van der Waals surface area contributed by atoms with Crippen molar-refractivity contribution in [2.75, 3.05) is 383 Å². The van der Waals surface area contributed by atoms with Gasteiger partial charge in [-0.15, -0.1) is 0 Å². The number of unbranched alkanes of at least 4 members (excludes halogenated alkanes) is 8. The van der Waals surface area contributed by atoms with Gasteiger partial charge < -0.3 is 147 Å². The number of ether oxygens (including phenoxy) is 30. The molecule has 0 aromatic carbocycles. The van der Waals surface area contributed by atoms with Gasteiger partial charge >= 0.3 is 5.97 Å². The molecule has 104 heavy (non-hydrogen) atoms. The van der Waals surface area contributed by atoms with Gasteiger partial charge in [0.15, 0.2) is 6.10 Å². The van der Waals surface area contributed by atoms with Crippen LogP contribution in [0.3, 0.4) is 0 Å². The van der Waals surface area contributed by atoms with Crippen LogP contribution in [0.4, 0.5) is 0 Å². The summed E-state index contributed by atoms with van der Waals surface area (Å²) in [6, 6.07) is 0. The predicted molar refractivity (Wildman–Crippen MR) is 381 cm³/mol. The lowest BCUT2D eigenvalue weighted by Gasteiger charge is -2.23. The van der Waals surface area contributed by atoms with Crippen molar-refractivity contribution in [2.45, 2.75) is 83.3 Å². The van der Waals surface area contributed by atoms with Gasteiger partial charge in [-0.25, -0.2) is 0 Å². The molecule has 2 unspecified atom stereocenters. The van der Waals surface area contributed by atoms with Gasteiger partial charge in [0.25, 0.3) is 0 Å². The quantitative estimate of drug-likeness (QED) is 0.228. The molecule has 1 aliphatic heterocycles. The molecule has 0 bridgehead atoms. The SMILES string of the molecule is CCCCCCCCCCCC(=O)OC1COCCOCCOCCOCCOCCOCCOCCOCCOCCOCCOCCOCCOCCOCCOCCOCCOCCOCCOCCOCCOCCOCCOCCOCCOCCOCCOCCOCCOCC1O. The van der Waals surface area contributed by atoms with Crippen molar-refractivity contribution in [1.82, 2.24) is 0 Å². The summed E-state index contributed by atoms with van der Waals surface area (Å²) in [5, 5.41) is 11.0. The highest BCUT2D eigenvalue weighted by atomic mass is 16.6. The highest BCUT2D eigenvalue weighted by molar-refractivity contribution is 5.69. The van der Waals surface area contributed by atoms with Gasteiger partial charge in [0, 0.05) is 6.42 Å². The molecule has 1 rings (SSSR count). The lowest BCUT2D eigenvalue weighted by atomic mass is 10.1. The normalized spacial score (nSPS) is 23.6. The number of aliphatic hydroxyl groups excluding tert-OH is 1. The first-order valence-electron chi connectivity index (χ1n) is 38.4. The number of hydrogen-bond donors (Lipinski definition) is 1. The first-order valence-corrected chi connectivity index (χ1v) is 38.4. The van der Waals surface area contributed by atoms with Gasteiger partial charge in [0.2, 0.25) is 0 Å². The van der Waals surface area contributed by atoms with E-state index in [9.17, 15) is 9.90 Å². The third-order valence-electron chi connectivity index (χ3n) is 14.2. The molecule has 1 N–H and O–H groups in total. The van der Waals surface area contributed by atoms with E-state index >= 15 is 0 Å². The Balaban J connectivity index is 2.24. The third-order valence-corrected chi connectivity index (χ3v) is 14.2. The second-order valence-corrected chi connectivity index (χ2v) is 22.9. The van der Waals surface area contributed by atoms with Crippen LogP contribution in [0.15, 0.2) is 0 Å². The molecule has 2 atom stereocenters. The van der Waals surface area contributed by atoms with Gasteiger partial charge in [0.05, 0.1) is 383 Å². The number of carbonyl (C=O) groups is 1. The van der Waals surface area contributed by atoms with Crippen LogP contribution >= 0.6 is 0 Å². The molecule has 32 nitrogen and oxygen atoms in total. The average Bonchev–Trinajstić information content (AvgIpc) is 0.944. The van der Waals surface area contributed by atoms with Gasteiger partial charge in [-0.3, -0.25) is 4.79 Å². The molecule has 0 saturated carbocycles. The Morgan fingerprint density at radius 3 is 0.510 bits per heavy atom. The maximum atomic E-state index is 12.8. The van der Waals surface area contributed by atoms with Gasteiger partial charge in [-0.1, -0.05) is 58.3 Å². The minimum Gasteiger partial charge on any atom is -0.457 e. The van der Waals surface area contributed by atoms with Crippen LogP contribution < -0.4 is 0 Å². The molecule has 0 aromatic heterocycles. The molecule has 0 aliphatic carbocycles. The first kappa shape index (κ1) is 100. The van der Waals surface area contributed by atoms with E-state index in [4.69, 9.17) is 142 Å². The zero-order valence-corrected chi connectivity index (χ0v) is 63.8. The summed E-state index contributed by atoms with van der Waals surface area (Å²) in [6.45, 7) is 27.0. The summed E-state index contributed by atoms with van der Waals surface area (Å²) in [5.41, 5.74) is 0. The summed E-state index contributed by atoms with van der Waals surface area (Å²) in [5.74, 6) is -0.369. The maximum absolute atomic E-state index is 12.8. The fourth-order valence-corrected chi connectivity index (χ4v) is 8.60. The second-order valence-electron chi connectivity index (χ2n) is 22.9. The van der Waals surface area contributed by atoms with Crippen molar-refractivity contribution in [3.05, 3.63) is 0 Å². The lowest BCUT2D eigenvalue weighted by molar-refractivity contribution is -0.164. The van der Waals surface area contributed by atoms with Crippen LogP contribution in [-0.4, -0.2) is 406 Å². The fourth-order valence-electron chi connectivity index (χ4n) is 8.60. The van der Waals surface area contributed by atoms with Crippen molar-refractivity contribution in [1.29, 1.82) is 0 Å². The van der Waals surface area contributed by atoms with E-state index in [2.05, 4.69) is 6.92 Å². The molecule has 1 heterocycles. The van der Waals surface area contributed by atoms with E-state index in [1.165, 1.54) is 38.5 Å². The third kappa shape index (κ3) is 85.9. The van der Waals surface area contributed by atoms with Gasteiger partial charge in [-0.2, -0.15) is 0 Å². The summed E-state index contributed by atoms with van der Waals surface area (Å²) in [7, 11) is 0. The molecule has 32 heteroatoms. The number of rotatable bonds is 11. The number of esters is 1. The largest absolute Gasteiger partial charge is 0.457 e. The topological polar surface area (TPSA) is 314 Å². The van der Waals surface area contributed by atoms with Crippen molar-refractivity contribution in [2.24, 2.45) is 0 Å². The van der Waals surface area contributed by atoms with Crippen molar-refractivity contribution in [3.8, 4) is 0 Å². The Hall–Kier alpha value is -1.73. The number of aliphatic hydroxyl groups is 1. The Labute approximate surface area is 622 Å². The smallest absolute Gasteiger partial charge is 0.306 e. The molecule has 0 amide bonds. The molecule has 622 valence electrons. The lowest BCUT2D eigenvalue weighted by Crippen LogP contribution is -2.39. The molecule has 1 aliphatic rings. The molecule has 0 aromatic rings. The van der Waals surface area contributed by atoms with Crippen molar-refractivity contribution >= 4 is 5.97 Å². The van der Waals surface area contributed by atoms with E-state index in [0.717, 1.165) is 19.3 Å². The van der Waals surface area contributed by atoms with Gasteiger partial charge in [0.1, 0.15) is 6.10 Å². The van der Waals surface area contributed by atoms with E-state index in [0.29, 0.717) is 357 Å². The fraction of sp³-hybridized carbons (Fsp3) is 0.986. The minimum atomic E-state index is -1.10. The standard InChI is InChI=1S/C72H142O32/c1-2-3-4-5-6-7-8-9-10-11-72(74)104-71-69-103-67-65-101-63-61-99-59-57-97-55-53-95-51-49-93-47-45-91-43-41-89-39-37-87-35-33-85-31-29-83-27-25-81-23-21-79-19-17-77-15-13-75-12-14-76-16-18-78-20-22-80-24-26-82-28-30-84-32-34-86-36-38-88-40-42-90-44-46-92-48-50-94-52-54-96-56-58-98-60-62-100-64-66-102-68-70(71)73/h70-71,73H,2-69H2,1H3. The van der Waals surface area contributed by atoms with Crippen LogP contribution in [0.1, 0.15) is 71.1 Å². The number of hydrogen-bond acceptors (Lipinski definition) is 32. The summed E-state index contributed by atoms with van der Waals surface area (Å²) in [4.78, 5) is 12.8. The van der Waals surface area contributed by atoms with E-state index in [1.54, 1.807) is 0 Å². The molecular formula is C72H142O32.